The van der Waals surface area contributed by atoms with Gasteiger partial charge in [0.05, 0.1) is 11.7 Å². The monoisotopic (exact) mass is 469 g/mol. The van der Waals surface area contributed by atoms with Crippen molar-refractivity contribution >= 4 is 52.7 Å². The molecule has 172 valence electrons. The van der Waals surface area contributed by atoms with Crippen LogP contribution in [0.25, 0.3) is 0 Å². The van der Waals surface area contributed by atoms with Crippen LogP contribution in [-0.2, 0) is 9.53 Å². The number of carbonyl (C=O) groups excluding carboxylic acids is 1. The molecule has 3 aromatic rings. The van der Waals surface area contributed by atoms with Crippen LogP contribution in [0.2, 0.25) is 0 Å². The van der Waals surface area contributed by atoms with Gasteiger partial charge < -0.3 is 24.4 Å². The number of ether oxygens (including phenoxy) is 3. The van der Waals surface area contributed by atoms with Gasteiger partial charge >= 0.3 is 35.5 Å². The second-order valence-electron chi connectivity index (χ2n) is 8.20. The van der Waals surface area contributed by atoms with E-state index in [-0.39, 0.29) is 47.7 Å². The molecular weight excluding hydrogens is 441 g/mol. The number of nitrogens with one attached hydrogen (secondary N) is 1. The molecule has 2 aliphatic heterocycles. The first kappa shape index (κ1) is 24.4. The minimum absolute atomic E-state index is 0. The molecular formula is C26H28N3NaO4. The molecule has 0 fully saturated rings. The Hall–Kier alpha value is -2.74. The van der Waals surface area contributed by atoms with Crippen molar-refractivity contribution in [2.45, 2.75) is 32.4 Å². The van der Waals surface area contributed by atoms with E-state index in [1.165, 1.54) is 6.92 Å². The molecule has 3 heterocycles. The van der Waals surface area contributed by atoms with Gasteiger partial charge in [0.1, 0.15) is 30.5 Å². The summed E-state index contributed by atoms with van der Waals surface area (Å²) in [4.78, 5) is 18.1. The third kappa shape index (κ3) is 4.87. The van der Waals surface area contributed by atoms with Crippen molar-refractivity contribution in [3.05, 3.63) is 71.9 Å². The summed E-state index contributed by atoms with van der Waals surface area (Å²) in [5, 5.41) is 3.57. The zero-order valence-corrected chi connectivity index (χ0v) is 18.8. The average molecular weight is 470 g/mol. The fraction of sp³-hybridized carbons (Fsp3) is 0.308. The second-order valence-corrected chi connectivity index (χ2v) is 8.20. The molecule has 0 unspecified atom stereocenters. The number of benzene rings is 2. The minimum atomic E-state index is -0.346. The Kier molecular flexibility index (Phi) is 7.66. The molecule has 2 aromatic carbocycles. The number of aromatic nitrogens is 1. The SMILES string of the molecule is CCCN(c1ccccn1)c1cccc2c1OC[C@H]2Nc1ccc2c(c1)OC[C@H]2OC(C)=O.[NaH]. The van der Waals surface area contributed by atoms with Crippen LogP contribution in [0.15, 0.2) is 60.8 Å². The number of esters is 1. The molecule has 1 N–H and O–H groups in total. The van der Waals surface area contributed by atoms with E-state index in [4.69, 9.17) is 14.2 Å². The molecule has 0 radical (unpaired) electrons. The van der Waals surface area contributed by atoms with Gasteiger partial charge in [0.2, 0.25) is 0 Å². The molecule has 0 saturated heterocycles. The molecule has 34 heavy (non-hydrogen) atoms. The Morgan fingerprint density at radius 2 is 2.00 bits per heavy atom. The van der Waals surface area contributed by atoms with Crippen LogP contribution in [0.3, 0.4) is 0 Å². The van der Waals surface area contributed by atoms with Gasteiger partial charge in [-0.15, -0.1) is 0 Å². The van der Waals surface area contributed by atoms with Crippen LogP contribution in [-0.4, -0.2) is 60.3 Å². The maximum atomic E-state index is 11.3. The number of para-hydroxylation sites is 1. The van der Waals surface area contributed by atoms with Crippen molar-refractivity contribution in [1.29, 1.82) is 0 Å². The number of rotatable bonds is 7. The number of hydrogen-bond acceptors (Lipinski definition) is 7. The predicted octanol–water partition coefficient (Wildman–Crippen LogP) is 4.52. The molecule has 1 aromatic heterocycles. The normalized spacial score (nSPS) is 17.5. The number of carbonyl (C=O) groups is 1. The Morgan fingerprint density at radius 3 is 2.76 bits per heavy atom. The van der Waals surface area contributed by atoms with Crippen molar-refractivity contribution in [2.24, 2.45) is 0 Å². The fourth-order valence-electron chi connectivity index (χ4n) is 4.43. The molecule has 0 bridgehead atoms. The number of hydrogen-bond donors (Lipinski definition) is 1. The Labute approximate surface area is 221 Å². The maximum absolute atomic E-state index is 11.3. The van der Waals surface area contributed by atoms with Gasteiger partial charge in [-0.05, 0) is 36.8 Å². The molecule has 0 amide bonds. The molecule has 2 atom stereocenters. The fourth-order valence-corrected chi connectivity index (χ4v) is 4.43. The summed E-state index contributed by atoms with van der Waals surface area (Å²) < 4.78 is 17.3. The number of fused-ring (bicyclic) bond motifs is 2. The van der Waals surface area contributed by atoms with Gasteiger partial charge in [-0.2, -0.15) is 0 Å². The summed E-state index contributed by atoms with van der Waals surface area (Å²) in [5.74, 6) is 2.23. The van der Waals surface area contributed by atoms with E-state index in [9.17, 15) is 4.79 Å². The quantitative estimate of drug-likeness (QED) is 0.403. The van der Waals surface area contributed by atoms with Crippen LogP contribution in [0.4, 0.5) is 17.2 Å². The van der Waals surface area contributed by atoms with Crippen LogP contribution >= 0.6 is 0 Å². The molecule has 2 aliphatic rings. The zero-order chi connectivity index (χ0) is 22.8. The molecule has 0 aliphatic carbocycles. The van der Waals surface area contributed by atoms with E-state index >= 15 is 0 Å². The van der Waals surface area contributed by atoms with Crippen LogP contribution < -0.4 is 19.7 Å². The predicted molar refractivity (Wildman–Crippen MR) is 133 cm³/mol. The van der Waals surface area contributed by atoms with Crippen molar-refractivity contribution < 1.29 is 19.0 Å². The summed E-state index contributed by atoms with van der Waals surface area (Å²) in [6.45, 7) is 5.29. The van der Waals surface area contributed by atoms with E-state index in [0.29, 0.717) is 13.2 Å². The molecule has 0 spiro atoms. The Bertz CT molecular complexity index is 1160. The van der Waals surface area contributed by atoms with E-state index in [2.05, 4.69) is 40.3 Å². The number of anilines is 3. The van der Waals surface area contributed by atoms with E-state index in [0.717, 1.165) is 52.8 Å². The number of pyridine rings is 1. The van der Waals surface area contributed by atoms with Gasteiger partial charge in [0.25, 0.3) is 0 Å². The first-order chi connectivity index (χ1) is 16.1. The molecule has 8 heteroatoms. The number of nitrogens with zero attached hydrogens (tertiary/aromatic N) is 2. The molecule has 7 nitrogen and oxygen atoms in total. The Balaban J connectivity index is 0.00000274. The first-order valence-electron chi connectivity index (χ1n) is 11.3. The summed E-state index contributed by atoms with van der Waals surface area (Å²) >= 11 is 0. The second kappa shape index (κ2) is 10.7. The average Bonchev–Trinajstić information content (AvgIpc) is 3.42. The van der Waals surface area contributed by atoms with E-state index in [1.54, 1.807) is 0 Å². The third-order valence-electron chi connectivity index (χ3n) is 5.86. The van der Waals surface area contributed by atoms with Crippen molar-refractivity contribution in [1.82, 2.24) is 4.98 Å². The molecule has 5 rings (SSSR count). The van der Waals surface area contributed by atoms with Gasteiger partial charge in [-0.1, -0.05) is 25.1 Å². The van der Waals surface area contributed by atoms with Crippen molar-refractivity contribution in [3.8, 4) is 11.5 Å². The van der Waals surface area contributed by atoms with Gasteiger partial charge in [0.15, 0.2) is 6.10 Å². The van der Waals surface area contributed by atoms with Gasteiger partial charge in [-0.3, -0.25) is 4.79 Å². The van der Waals surface area contributed by atoms with Crippen LogP contribution in [0.1, 0.15) is 43.5 Å². The summed E-state index contributed by atoms with van der Waals surface area (Å²) in [5.41, 5.74) is 3.97. The summed E-state index contributed by atoms with van der Waals surface area (Å²) in [6.07, 6.45) is 2.46. The van der Waals surface area contributed by atoms with Gasteiger partial charge in [0, 0.05) is 42.5 Å². The summed E-state index contributed by atoms with van der Waals surface area (Å²) in [7, 11) is 0. The van der Waals surface area contributed by atoms with Crippen LogP contribution in [0, 0.1) is 0 Å². The standard InChI is InChI=1S/C26H27N3O4.Na.H/c1-3-13-29(25-9-4-5-12-27-25)22-8-6-7-19-21(15-32-26(19)22)28-18-10-11-20-23(14-18)31-16-24(20)33-17(2)30;;/h4-12,14,21,24,28H,3,13,15-16H2,1-2H3;;/t21-,24-;;/m1../s1. The molecule has 0 saturated carbocycles. The van der Waals surface area contributed by atoms with E-state index < -0.39 is 0 Å². The zero-order valence-electron chi connectivity index (χ0n) is 18.8. The van der Waals surface area contributed by atoms with Crippen molar-refractivity contribution in [2.75, 3.05) is 30.0 Å². The topological polar surface area (TPSA) is 72.9 Å². The van der Waals surface area contributed by atoms with E-state index in [1.807, 2.05) is 42.6 Å². The van der Waals surface area contributed by atoms with Gasteiger partial charge in [-0.25, -0.2) is 4.98 Å². The summed E-state index contributed by atoms with van der Waals surface area (Å²) in [6, 6.07) is 18.1. The Morgan fingerprint density at radius 1 is 1.12 bits per heavy atom. The van der Waals surface area contributed by atoms with Crippen molar-refractivity contribution in [3.63, 3.8) is 0 Å². The van der Waals surface area contributed by atoms with Crippen LogP contribution in [0.5, 0.6) is 11.5 Å². The first-order valence-corrected chi connectivity index (χ1v) is 11.3. The third-order valence-corrected chi connectivity index (χ3v) is 5.86.